The number of rotatable bonds is 4. The molecule has 0 amide bonds. The molecule has 1 aliphatic heterocycles. The topological polar surface area (TPSA) is 104 Å². The van der Waals surface area contributed by atoms with Crippen molar-refractivity contribution in [3.63, 3.8) is 0 Å². The smallest absolute Gasteiger partial charge is 0.354 e. The van der Waals surface area contributed by atoms with Crippen LogP contribution in [-0.2, 0) is 10.0 Å². The number of piperidine rings is 1. The number of aromatic amines is 1. The second-order valence-corrected chi connectivity index (χ2v) is 8.91. The highest BCUT2D eigenvalue weighted by Gasteiger charge is 2.37. The Hall–Kier alpha value is -2.47. The summed E-state index contributed by atoms with van der Waals surface area (Å²) in [6.07, 6.45) is -0.402. The van der Waals surface area contributed by atoms with Crippen LogP contribution in [0, 0.1) is 6.92 Å². The molecule has 0 bridgehead atoms. The van der Waals surface area contributed by atoms with Crippen LogP contribution >= 0.6 is 0 Å². The van der Waals surface area contributed by atoms with Gasteiger partial charge in [-0.15, -0.1) is 0 Å². The summed E-state index contributed by atoms with van der Waals surface area (Å²) in [6.45, 7) is 2.63. The molecule has 1 atom stereocenters. The molecule has 2 N–H and O–H groups in total. The fourth-order valence-corrected chi connectivity index (χ4v) is 4.95. The van der Waals surface area contributed by atoms with Crippen LogP contribution in [0.2, 0.25) is 0 Å². The third kappa shape index (κ3) is 4.27. The molecule has 1 aliphatic rings. The van der Waals surface area contributed by atoms with Crippen LogP contribution in [-0.4, -0.2) is 59.4 Å². The highest BCUT2D eigenvalue weighted by atomic mass is 32.2. The van der Waals surface area contributed by atoms with Crippen molar-refractivity contribution >= 4 is 37.8 Å². The Morgan fingerprint density at radius 2 is 2.14 bits per heavy atom. The van der Waals surface area contributed by atoms with Crippen molar-refractivity contribution in [3.8, 4) is 0 Å². The molecule has 29 heavy (non-hydrogen) atoms. The normalized spacial score (nSPS) is 18.6. The number of sulfonamides is 1. The van der Waals surface area contributed by atoms with Crippen molar-refractivity contribution in [3.05, 3.63) is 24.3 Å². The molecule has 12 heteroatoms. The van der Waals surface area contributed by atoms with Crippen LogP contribution < -0.4 is 9.62 Å². The summed E-state index contributed by atoms with van der Waals surface area (Å²) < 4.78 is 63.5. The molecule has 0 aliphatic carbocycles. The van der Waals surface area contributed by atoms with E-state index in [9.17, 15) is 21.6 Å². The Labute approximate surface area is 164 Å². The van der Waals surface area contributed by atoms with E-state index >= 15 is 0 Å². The minimum absolute atomic E-state index is 0.223. The van der Waals surface area contributed by atoms with Gasteiger partial charge in [0.25, 0.3) is 0 Å². The third-order valence-corrected chi connectivity index (χ3v) is 6.17. The van der Waals surface area contributed by atoms with E-state index in [1.54, 1.807) is 19.3 Å². The van der Waals surface area contributed by atoms with E-state index in [0.29, 0.717) is 36.7 Å². The van der Waals surface area contributed by atoms with Gasteiger partial charge in [-0.05, 0) is 25.8 Å². The number of H-pyrrole nitrogens is 1. The van der Waals surface area contributed by atoms with Gasteiger partial charge in [0.1, 0.15) is 11.6 Å². The van der Waals surface area contributed by atoms with Gasteiger partial charge < -0.3 is 9.88 Å². The molecular formula is C17H19F3N6O2S. The van der Waals surface area contributed by atoms with Crippen LogP contribution in [0.5, 0.6) is 0 Å². The number of hydrogen-bond acceptors (Lipinski definition) is 6. The average Bonchev–Trinajstić information content (AvgIpc) is 3.07. The van der Waals surface area contributed by atoms with Gasteiger partial charge in [0.05, 0.1) is 17.1 Å². The van der Waals surface area contributed by atoms with Crippen LogP contribution in [0.1, 0.15) is 18.7 Å². The lowest BCUT2D eigenvalue weighted by molar-refractivity contribution is -0.106. The largest absolute Gasteiger partial charge is 0.404 e. The standard InChI is InChI=1S/C17H19F3N6O2S/c1-10-23-13-7-22-15-12(4-5-21-15)14(13)16(24-10)26-6-2-3-11(8-26)25-29(27,28)9-17(18,19)20/h4-5,7,11,25H,2-3,6,8-9H2,1H3,(H,23,24). The highest BCUT2D eigenvalue weighted by molar-refractivity contribution is 7.89. The predicted molar refractivity (Wildman–Crippen MR) is 102 cm³/mol. The fourth-order valence-electron chi connectivity index (χ4n) is 3.74. The first-order valence-electron chi connectivity index (χ1n) is 9.03. The van der Waals surface area contributed by atoms with E-state index < -0.39 is 28.0 Å². The summed E-state index contributed by atoms with van der Waals surface area (Å²) in [5, 5.41) is 1.61. The lowest BCUT2D eigenvalue weighted by Crippen LogP contribution is -2.49. The number of hydrogen-bond donors (Lipinski definition) is 2. The molecule has 1 fully saturated rings. The first-order valence-corrected chi connectivity index (χ1v) is 10.7. The van der Waals surface area contributed by atoms with Gasteiger partial charge in [-0.2, -0.15) is 13.2 Å². The Kier molecular flexibility index (Phi) is 4.85. The lowest BCUT2D eigenvalue weighted by atomic mass is 10.1. The summed E-state index contributed by atoms with van der Waals surface area (Å²) in [5.41, 5.74) is 1.32. The number of nitrogens with zero attached hydrogens (tertiary/aromatic N) is 4. The summed E-state index contributed by atoms with van der Waals surface area (Å²) in [6, 6.07) is 1.19. The Morgan fingerprint density at radius 3 is 2.90 bits per heavy atom. The molecule has 4 heterocycles. The van der Waals surface area contributed by atoms with E-state index in [1.807, 2.05) is 11.0 Å². The summed E-state index contributed by atoms with van der Waals surface area (Å²) in [7, 11) is -4.47. The molecule has 1 unspecified atom stereocenters. The Bertz CT molecular complexity index is 1160. The highest BCUT2D eigenvalue weighted by Crippen LogP contribution is 2.31. The van der Waals surface area contributed by atoms with Crippen LogP contribution in [0.15, 0.2) is 18.5 Å². The maximum atomic E-state index is 12.5. The fraction of sp³-hybridized carbons (Fsp3) is 0.471. The van der Waals surface area contributed by atoms with Crippen LogP contribution in [0.4, 0.5) is 19.0 Å². The molecule has 156 valence electrons. The second kappa shape index (κ2) is 7.10. The van der Waals surface area contributed by atoms with E-state index in [0.717, 1.165) is 16.3 Å². The van der Waals surface area contributed by atoms with Crippen molar-refractivity contribution in [2.45, 2.75) is 32.0 Å². The first kappa shape index (κ1) is 19.8. The van der Waals surface area contributed by atoms with Gasteiger partial charge >= 0.3 is 6.18 Å². The Morgan fingerprint density at radius 1 is 1.34 bits per heavy atom. The quantitative estimate of drug-likeness (QED) is 0.661. The zero-order valence-electron chi connectivity index (χ0n) is 15.5. The number of alkyl halides is 3. The van der Waals surface area contributed by atoms with E-state index in [4.69, 9.17) is 0 Å². The number of aryl methyl sites for hydroxylation is 1. The van der Waals surface area contributed by atoms with Crippen LogP contribution in [0.25, 0.3) is 21.9 Å². The third-order valence-electron chi connectivity index (χ3n) is 4.77. The zero-order valence-corrected chi connectivity index (χ0v) is 16.3. The molecule has 4 rings (SSSR count). The maximum Gasteiger partial charge on any atom is 0.404 e. The molecule has 0 aromatic carbocycles. The molecule has 3 aromatic rings. The number of nitrogens with one attached hydrogen (secondary N) is 2. The number of aromatic nitrogens is 4. The number of pyridine rings is 1. The Balaban J connectivity index is 1.67. The van der Waals surface area contributed by atoms with Crippen molar-refractivity contribution in [1.29, 1.82) is 0 Å². The molecule has 8 nitrogen and oxygen atoms in total. The molecule has 0 saturated carbocycles. The average molecular weight is 428 g/mol. The van der Waals surface area contributed by atoms with Crippen LogP contribution in [0.3, 0.4) is 0 Å². The maximum absolute atomic E-state index is 12.5. The number of halogens is 3. The predicted octanol–water partition coefficient (Wildman–Crippen LogP) is 2.27. The molecule has 0 radical (unpaired) electrons. The van der Waals surface area contributed by atoms with Gasteiger partial charge in [0.15, 0.2) is 11.4 Å². The molecule has 1 saturated heterocycles. The lowest BCUT2D eigenvalue weighted by Gasteiger charge is -2.34. The van der Waals surface area contributed by atoms with Crippen molar-refractivity contribution in [2.75, 3.05) is 23.7 Å². The minimum atomic E-state index is -4.78. The van der Waals surface area contributed by atoms with Gasteiger partial charge in [0, 0.05) is 30.7 Å². The second-order valence-electron chi connectivity index (χ2n) is 7.15. The minimum Gasteiger partial charge on any atom is -0.354 e. The zero-order chi connectivity index (χ0) is 20.8. The number of fused-ring (bicyclic) bond motifs is 3. The van der Waals surface area contributed by atoms with Gasteiger partial charge in [-0.3, -0.25) is 0 Å². The first-order chi connectivity index (χ1) is 13.6. The van der Waals surface area contributed by atoms with Gasteiger partial charge in [-0.25, -0.2) is 28.1 Å². The van der Waals surface area contributed by atoms with Crippen molar-refractivity contribution in [1.82, 2.24) is 24.7 Å². The molecule has 0 spiro atoms. The molecular weight excluding hydrogens is 409 g/mol. The van der Waals surface area contributed by atoms with Crippen molar-refractivity contribution in [2.24, 2.45) is 0 Å². The van der Waals surface area contributed by atoms with Gasteiger partial charge in [0.2, 0.25) is 10.0 Å². The van der Waals surface area contributed by atoms with Gasteiger partial charge in [-0.1, -0.05) is 0 Å². The summed E-state index contributed by atoms with van der Waals surface area (Å²) >= 11 is 0. The van der Waals surface area contributed by atoms with E-state index in [2.05, 4.69) is 24.7 Å². The summed E-state index contributed by atoms with van der Waals surface area (Å²) in [4.78, 5) is 18.2. The summed E-state index contributed by atoms with van der Waals surface area (Å²) in [5.74, 6) is -0.605. The monoisotopic (exact) mass is 428 g/mol. The SMILES string of the molecule is Cc1nc(N2CCCC(NS(=O)(=O)CC(F)(F)F)C2)c2c(cnc3nccc32)[nH]1. The van der Waals surface area contributed by atoms with Crippen molar-refractivity contribution < 1.29 is 21.6 Å². The number of anilines is 1. The molecule has 3 aromatic heterocycles. The van der Waals surface area contributed by atoms with E-state index in [1.165, 1.54) is 0 Å². The van der Waals surface area contributed by atoms with E-state index in [-0.39, 0.29) is 6.54 Å².